The summed E-state index contributed by atoms with van der Waals surface area (Å²) in [6.45, 7) is 9.24. The van der Waals surface area contributed by atoms with Gasteiger partial charge in [0.15, 0.2) is 0 Å². The highest BCUT2D eigenvalue weighted by atomic mass is 32.2. The monoisotopic (exact) mass is 277 g/mol. The summed E-state index contributed by atoms with van der Waals surface area (Å²) in [5.74, 6) is -0.749. The van der Waals surface area contributed by atoms with E-state index in [0.29, 0.717) is 30.1 Å². The first-order valence-corrected chi connectivity index (χ1v) is 7.04. The molecule has 0 saturated heterocycles. The first-order chi connectivity index (χ1) is 8.29. The maximum Gasteiger partial charge on any atom is 0.284 e. The van der Waals surface area contributed by atoms with Crippen molar-refractivity contribution in [2.24, 2.45) is 5.41 Å². The van der Waals surface area contributed by atoms with Crippen molar-refractivity contribution in [1.82, 2.24) is 5.32 Å². The summed E-state index contributed by atoms with van der Waals surface area (Å²) >= 11 is 0.579. The smallest absolute Gasteiger partial charge is 0.284 e. The van der Waals surface area contributed by atoms with Gasteiger partial charge in [0.05, 0.1) is 12.3 Å². The van der Waals surface area contributed by atoms with E-state index in [1.54, 1.807) is 6.07 Å². The molecule has 5 heteroatoms. The van der Waals surface area contributed by atoms with Crippen molar-refractivity contribution in [3.8, 4) is 0 Å². The molecule has 0 aliphatic rings. The van der Waals surface area contributed by atoms with Gasteiger partial charge >= 0.3 is 0 Å². The number of alkyl halides is 2. The maximum atomic E-state index is 12.0. The van der Waals surface area contributed by atoms with E-state index in [-0.39, 0.29) is 11.2 Å². The first kappa shape index (κ1) is 15.5. The molecule has 1 N–H and O–H groups in total. The fourth-order valence-corrected chi connectivity index (χ4v) is 1.75. The standard InChI is InChI=1S/C13H21F2NOS/c1-9(13(2,3)4)16-7-10-5-6-11(17-10)8-18-12(14)15/h5-6,9,12,16H,7-8H2,1-4H3. The van der Waals surface area contributed by atoms with Gasteiger partial charge < -0.3 is 9.73 Å². The van der Waals surface area contributed by atoms with Crippen molar-refractivity contribution < 1.29 is 13.2 Å². The van der Waals surface area contributed by atoms with Crippen molar-refractivity contribution in [3.05, 3.63) is 23.7 Å². The topological polar surface area (TPSA) is 25.2 Å². The zero-order valence-electron chi connectivity index (χ0n) is 11.3. The number of furan rings is 1. The molecular formula is C13H21F2NOS. The van der Waals surface area contributed by atoms with Crippen LogP contribution in [0.5, 0.6) is 0 Å². The molecule has 104 valence electrons. The summed E-state index contributed by atoms with van der Waals surface area (Å²) in [5.41, 5.74) is 0.181. The van der Waals surface area contributed by atoms with Gasteiger partial charge in [-0.25, -0.2) is 0 Å². The fraction of sp³-hybridized carbons (Fsp3) is 0.692. The number of thioether (sulfide) groups is 1. The predicted octanol–water partition coefficient (Wildman–Crippen LogP) is 4.26. The quantitative estimate of drug-likeness (QED) is 0.841. The van der Waals surface area contributed by atoms with Crippen molar-refractivity contribution >= 4 is 11.8 Å². The Balaban J connectivity index is 2.40. The molecule has 1 atom stereocenters. The molecule has 0 aliphatic carbocycles. The summed E-state index contributed by atoms with van der Waals surface area (Å²) in [7, 11) is 0. The van der Waals surface area contributed by atoms with Crippen LogP contribution < -0.4 is 5.32 Å². The van der Waals surface area contributed by atoms with Gasteiger partial charge in [0.1, 0.15) is 11.5 Å². The molecule has 18 heavy (non-hydrogen) atoms. The van der Waals surface area contributed by atoms with E-state index in [4.69, 9.17) is 4.42 Å². The Kier molecular flexibility index (Phi) is 5.66. The number of rotatable bonds is 6. The Bertz CT molecular complexity index is 360. The van der Waals surface area contributed by atoms with Crippen LogP contribution in [0.3, 0.4) is 0 Å². The van der Waals surface area contributed by atoms with Crippen molar-refractivity contribution in [2.75, 3.05) is 0 Å². The lowest BCUT2D eigenvalue weighted by Crippen LogP contribution is -2.37. The summed E-state index contributed by atoms with van der Waals surface area (Å²) in [6.07, 6.45) is 0. The minimum Gasteiger partial charge on any atom is -0.464 e. The fourth-order valence-electron chi connectivity index (χ4n) is 1.30. The molecule has 0 fully saturated rings. The Labute approximate surface area is 112 Å². The third-order valence-corrected chi connectivity index (χ3v) is 3.65. The van der Waals surface area contributed by atoms with Crippen molar-refractivity contribution in [2.45, 2.75) is 51.8 Å². The molecule has 0 radical (unpaired) electrons. The van der Waals surface area contributed by atoms with E-state index < -0.39 is 5.76 Å². The Morgan fingerprint density at radius 1 is 1.28 bits per heavy atom. The zero-order chi connectivity index (χ0) is 13.8. The molecule has 2 nitrogen and oxygen atoms in total. The van der Waals surface area contributed by atoms with E-state index >= 15 is 0 Å². The third-order valence-electron chi connectivity index (χ3n) is 2.95. The second-order valence-electron chi connectivity index (χ2n) is 5.41. The minimum atomic E-state index is -2.35. The maximum absolute atomic E-state index is 12.0. The Morgan fingerprint density at radius 2 is 1.89 bits per heavy atom. The van der Waals surface area contributed by atoms with Gasteiger partial charge in [-0.2, -0.15) is 8.78 Å². The average molecular weight is 277 g/mol. The van der Waals surface area contributed by atoms with Crippen LogP contribution in [-0.2, 0) is 12.3 Å². The van der Waals surface area contributed by atoms with Crippen LogP contribution in [0.4, 0.5) is 8.78 Å². The van der Waals surface area contributed by atoms with Crippen LogP contribution in [0, 0.1) is 5.41 Å². The molecule has 0 spiro atoms. The lowest BCUT2D eigenvalue weighted by molar-refractivity contribution is 0.251. The Hall–Kier alpha value is -0.550. The van der Waals surface area contributed by atoms with E-state index in [0.717, 1.165) is 5.76 Å². The number of nitrogens with one attached hydrogen (secondary N) is 1. The van der Waals surface area contributed by atoms with Gasteiger partial charge in [-0.05, 0) is 24.5 Å². The van der Waals surface area contributed by atoms with Crippen LogP contribution in [0.15, 0.2) is 16.5 Å². The molecule has 1 heterocycles. The largest absolute Gasteiger partial charge is 0.464 e. The highest BCUT2D eigenvalue weighted by Crippen LogP contribution is 2.22. The molecule has 0 bridgehead atoms. The normalized spacial score (nSPS) is 14.2. The molecule has 1 aromatic heterocycles. The van der Waals surface area contributed by atoms with Crippen LogP contribution in [-0.4, -0.2) is 11.8 Å². The number of hydrogen-bond acceptors (Lipinski definition) is 3. The van der Waals surface area contributed by atoms with Gasteiger partial charge in [-0.3, -0.25) is 0 Å². The summed E-state index contributed by atoms with van der Waals surface area (Å²) in [5, 5.41) is 3.37. The molecule has 1 rings (SSSR count). The van der Waals surface area contributed by atoms with Crippen LogP contribution in [0.25, 0.3) is 0 Å². The van der Waals surface area contributed by atoms with E-state index in [9.17, 15) is 8.78 Å². The van der Waals surface area contributed by atoms with Gasteiger partial charge in [-0.15, -0.1) is 0 Å². The molecule has 0 aromatic carbocycles. The van der Waals surface area contributed by atoms with Crippen molar-refractivity contribution in [3.63, 3.8) is 0 Å². The molecule has 0 amide bonds. The van der Waals surface area contributed by atoms with E-state index in [1.807, 2.05) is 6.07 Å². The lowest BCUT2D eigenvalue weighted by Gasteiger charge is -2.27. The zero-order valence-corrected chi connectivity index (χ0v) is 12.1. The number of hydrogen-bond donors (Lipinski definition) is 1. The minimum absolute atomic E-state index is 0.181. The van der Waals surface area contributed by atoms with Gasteiger partial charge in [-0.1, -0.05) is 32.5 Å². The van der Waals surface area contributed by atoms with Crippen LogP contribution in [0.1, 0.15) is 39.2 Å². The third kappa shape index (κ3) is 5.40. The molecule has 1 unspecified atom stereocenters. The van der Waals surface area contributed by atoms with Crippen LogP contribution in [0.2, 0.25) is 0 Å². The predicted molar refractivity (Wildman–Crippen MR) is 71.8 cm³/mol. The van der Waals surface area contributed by atoms with E-state index in [2.05, 4.69) is 33.0 Å². The SMILES string of the molecule is CC(NCc1ccc(CSC(F)F)o1)C(C)(C)C. The molecule has 0 saturated carbocycles. The lowest BCUT2D eigenvalue weighted by atomic mass is 9.88. The Morgan fingerprint density at radius 3 is 2.44 bits per heavy atom. The van der Waals surface area contributed by atoms with Crippen LogP contribution >= 0.6 is 11.8 Å². The van der Waals surface area contributed by atoms with Gasteiger partial charge in [0, 0.05) is 6.04 Å². The first-order valence-electron chi connectivity index (χ1n) is 6.00. The highest BCUT2D eigenvalue weighted by Gasteiger charge is 2.19. The van der Waals surface area contributed by atoms with Crippen molar-refractivity contribution in [1.29, 1.82) is 0 Å². The second kappa shape index (κ2) is 6.57. The highest BCUT2D eigenvalue weighted by molar-refractivity contribution is 7.98. The summed E-state index contributed by atoms with van der Waals surface area (Å²) in [6, 6.07) is 3.94. The van der Waals surface area contributed by atoms with E-state index in [1.165, 1.54) is 0 Å². The average Bonchev–Trinajstić information content (AvgIpc) is 2.69. The van der Waals surface area contributed by atoms with Gasteiger partial charge in [0.25, 0.3) is 5.76 Å². The molecule has 0 aliphatic heterocycles. The van der Waals surface area contributed by atoms with Gasteiger partial charge in [0.2, 0.25) is 0 Å². The summed E-state index contributed by atoms with van der Waals surface area (Å²) < 4.78 is 29.5. The molecule has 1 aromatic rings. The molecular weight excluding hydrogens is 256 g/mol. The number of halogens is 2. The summed E-state index contributed by atoms with van der Waals surface area (Å²) in [4.78, 5) is 0. The second-order valence-corrected chi connectivity index (χ2v) is 6.39.